The number of nitrogens with zero attached hydrogens (tertiary/aromatic N) is 1. The second-order valence-electron chi connectivity index (χ2n) is 4.31. The summed E-state index contributed by atoms with van der Waals surface area (Å²) in [6, 6.07) is 3.79. The third-order valence-electron chi connectivity index (χ3n) is 3.05. The van der Waals surface area contributed by atoms with Crippen molar-refractivity contribution < 1.29 is 18.4 Å². The second kappa shape index (κ2) is 5.25. The SMILES string of the molecule is O=C1CCN(C(=O)Cc2cccc(F)c2F)CC1. The number of rotatable bonds is 2. The highest BCUT2D eigenvalue weighted by Crippen LogP contribution is 2.14. The molecule has 0 aromatic heterocycles. The van der Waals surface area contributed by atoms with Crippen molar-refractivity contribution >= 4 is 11.7 Å². The maximum absolute atomic E-state index is 13.4. The number of Topliss-reactive ketones (excluding diaryl/α,β-unsaturated/α-hetero) is 1. The first-order valence-corrected chi connectivity index (χ1v) is 5.80. The van der Waals surface area contributed by atoms with Crippen LogP contribution in [0.3, 0.4) is 0 Å². The zero-order valence-corrected chi connectivity index (χ0v) is 9.79. The molecule has 2 rings (SSSR count). The Kier molecular flexibility index (Phi) is 3.69. The van der Waals surface area contributed by atoms with E-state index >= 15 is 0 Å². The molecule has 0 atom stereocenters. The van der Waals surface area contributed by atoms with E-state index in [0.29, 0.717) is 25.9 Å². The molecule has 0 aliphatic carbocycles. The number of benzene rings is 1. The van der Waals surface area contributed by atoms with E-state index in [9.17, 15) is 18.4 Å². The van der Waals surface area contributed by atoms with Crippen LogP contribution in [0, 0.1) is 11.6 Å². The van der Waals surface area contributed by atoms with E-state index in [-0.39, 0.29) is 23.7 Å². The van der Waals surface area contributed by atoms with E-state index < -0.39 is 11.6 Å². The molecule has 1 aromatic carbocycles. The Balaban J connectivity index is 2.03. The predicted octanol–water partition coefficient (Wildman–Crippen LogP) is 1.70. The Bertz CT molecular complexity index is 478. The monoisotopic (exact) mass is 253 g/mol. The van der Waals surface area contributed by atoms with Crippen molar-refractivity contribution in [3.63, 3.8) is 0 Å². The van der Waals surface area contributed by atoms with Gasteiger partial charge in [0.1, 0.15) is 5.78 Å². The predicted molar refractivity (Wildman–Crippen MR) is 60.9 cm³/mol. The number of piperidine rings is 1. The molecule has 0 saturated carbocycles. The summed E-state index contributed by atoms with van der Waals surface area (Å²) in [7, 11) is 0. The Hall–Kier alpha value is -1.78. The average molecular weight is 253 g/mol. The number of halogens is 2. The number of carbonyl (C=O) groups is 2. The number of ketones is 1. The number of hydrogen-bond acceptors (Lipinski definition) is 2. The fourth-order valence-corrected chi connectivity index (χ4v) is 1.97. The maximum Gasteiger partial charge on any atom is 0.227 e. The summed E-state index contributed by atoms with van der Waals surface area (Å²) in [4.78, 5) is 24.4. The minimum absolute atomic E-state index is 0.0527. The van der Waals surface area contributed by atoms with Crippen LogP contribution in [0.2, 0.25) is 0 Å². The van der Waals surface area contributed by atoms with Gasteiger partial charge in [0.15, 0.2) is 11.6 Å². The summed E-state index contributed by atoms with van der Waals surface area (Å²) >= 11 is 0. The molecule has 96 valence electrons. The molecule has 0 unspecified atom stereocenters. The normalized spacial score (nSPS) is 15.9. The molecule has 18 heavy (non-hydrogen) atoms. The number of carbonyl (C=O) groups excluding carboxylic acids is 2. The van der Waals surface area contributed by atoms with E-state index in [1.165, 1.54) is 17.0 Å². The van der Waals surface area contributed by atoms with Crippen LogP contribution in [0.15, 0.2) is 18.2 Å². The van der Waals surface area contributed by atoms with Gasteiger partial charge in [-0.15, -0.1) is 0 Å². The van der Waals surface area contributed by atoms with Gasteiger partial charge in [-0.2, -0.15) is 0 Å². The molecule has 1 aromatic rings. The van der Waals surface area contributed by atoms with E-state index in [4.69, 9.17) is 0 Å². The lowest BCUT2D eigenvalue weighted by Crippen LogP contribution is -2.39. The quantitative estimate of drug-likeness (QED) is 0.804. The van der Waals surface area contributed by atoms with Crippen molar-refractivity contribution in [1.82, 2.24) is 4.90 Å². The average Bonchev–Trinajstić information content (AvgIpc) is 2.36. The molecule has 0 N–H and O–H groups in total. The van der Waals surface area contributed by atoms with Gasteiger partial charge in [-0.25, -0.2) is 8.78 Å². The minimum Gasteiger partial charge on any atom is -0.342 e. The highest BCUT2D eigenvalue weighted by Gasteiger charge is 2.22. The van der Waals surface area contributed by atoms with Crippen LogP contribution < -0.4 is 0 Å². The van der Waals surface area contributed by atoms with Crippen molar-refractivity contribution in [3.8, 4) is 0 Å². The third kappa shape index (κ3) is 2.72. The molecule has 3 nitrogen and oxygen atoms in total. The largest absolute Gasteiger partial charge is 0.342 e. The summed E-state index contributed by atoms with van der Waals surface area (Å²) in [5.41, 5.74) is 0.0527. The third-order valence-corrected chi connectivity index (χ3v) is 3.05. The topological polar surface area (TPSA) is 37.4 Å². The molecular weight excluding hydrogens is 240 g/mol. The molecule has 0 bridgehead atoms. The fourth-order valence-electron chi connectivity index (χ4n) is 1.97. The van der Waals surface area contributed by atoms with Gasteiger partial charge in [0.2, 0.25) is 5.91 Å². The van der Waals surface area contributed by atoms with Crippen molar-refractivity contribution in [1.29, 1.82) is 0 Å². The fraction of sp³-hybridized carbons (Fsp3) is 0.385. The number of likely N-dealkylation sites (tertiary alicyclic amines) is 1. The van der Waals surface area contributed by atoms with E-state index in [1.54, 1.807) is 0 Å². The first-order chi connectivity index (χ1) is 8.58. The molecule has 1 saturated heterocycles. The Labute approximate surface area is 103 Å². The van der Waals surface area contributed by atoms with Gasteiger partial charge in [0.25, 0.3) is 0 Å². The van der Waals surface area contributed by atoms with Crippen LogP contribution in [-0.2, 0) is 16.0 Å². The molecular formula is C13H13F2NO2. The molecule has 0 spiro atoms. The van der Waals surface area contributed by atoms with Crippen LogP contribution in [0.4, 0.5) is 8.78 Å². The molecule has 1 heterocycles. The summed E-state index contributed by atoms with van der Waals surface area (Å²) in [6.45, 7) is 0.739. The highest BCUT2D eigenvalue weighted by atomic mass is 19.2. The first-order valence-electron chi connectivity index (χ1n) is 5.80. The van der Waals surface area contributed by atoms with Gasteiger partial charge in [0.05, 0.1) is 6.42 Å². The summed E-state index contributed by atoms with van der Waals surface area (Å²) in [5.74, 6) is -2.06. The lowest BCUT2D eigenvalue weighted by molar-refractivity contribution is -0.133. The van der Waals surface area contributed by atoms with Crippen LogP contribution in [0.5, 0.6) is 0 Å². The van der Waals surface area contributed by atoms with Gasteiger partial charge in [-0.3, -0.25) is 9.59 Å². The first kappa shape index (κ1) is 12.7. The maximum atomic E-state index is 13.4. The van der Waals surface area contributed by atoms with Gasteiger partial charge in [-0.1, -0.05) is 12.1 Å². The van der Waals surface area contributed by atoms with Crippen molar-refractivity contribution in [2.75, 3.05) is 13.1 Å². The van der Waals surface area contributed by atoms with Crippen LogP contribution in [-0.4, -0.2) is 29.7 Å². The number of hydrogen-bond donors (Lipinski definition) is 0. The van der Waals surface area contributed by atoms with E-state index in [0.717, 1.165) is 6.07 Å². The molecule has 0 radical (unpaired) electrons. The smallest absolute Gasteiger partial charge is 0.227 e. The van der Waals surface area contributed by atoms with Crippen LogP contribution in [0.25, 0.3) is 0 Å². The Morgan fingerprint density at radius 3 is 2.56 bits per heavy atom. The summed E-state index contributed by atoms with van der Waals surface area (Å²) < 4.78 is 26.4. The molecule has 5 heteroatoms. The van der Waals surface area contributed by atoms with Gasteiger partial charge >= 0.3 is 0 Å². The van der Waals surface area contributed by atoms with Gasteiger partial charge in [0, 0.05) is 31.5 Å². The van der Waals surface area contributed by atoms with Gasteiger partial charge < -0.3 is 4.90 Å². The molecule has 1 fully saturated rings. The van der Waals surface area contributed by atoms with Crippen LogP contribution in [0.1, 0.15) is 18.4 Å². The summed E-state index contributed by atoms with van der Waals surface area (Å²) in [5, 5.41) is 0. The Morgan fingerprint density at radius 1 is 1.22 bits per heavy atom. The lowest BCUT2D eigenvalue weighted by atomic mass is 10.1. The molecule has 1 aliphatic heterocycles. The van der Waals surface area contributed by atoms with E-state index in [1.807, 2.05) is 0 Å². The minimum atomic E-state index is -0.973. The summed E-state index contributed by atoms with van der Waals surface area (Å²) in [6.07, 6.45) is 0.520. The molecule has 1 amide bonds. The van der Waals surface area contributed by atoms with Crippen LogP contribution >= 0.6 is 0 Å². The zero-order chi connectivity index (χ0) is 13.1. The van der Waals surface area contributed by atoms with Crippen molar-refractivity contribution in [2.24, 2.45) is 0 Å². The lowest BCUT2D eigenvalue weighted by Gasteiger charge is -2.26. The van der Waals surface area contributed by atoms with Crippen molar-refractivity contribution in [2.45, 2.75) is 19.3 Å². The zero-order valence-electron chi connectivity index (χ0n) is 9.79. The highest BCUT2D eigenvalue weighted by molar-refractivity contribution is 5.84. The number of amides is 1. The second-order valence-corrected chi connectivity index (χ2v) is 4.31. The standard InChI is InChI=1S/C13H13F2NO2/c14-11-3-1-2-9(13(11)15)8-12(18)16-6-4-10(17)5-7-16/h1-3H,4-8H2. The van der Waals surface area contributed by atoms with Gasteiger partial charge in [-0.05, 0) is 6.07 Å². The Morgan fingerprint density at radius 2 is 1.89 bits per heavy atom. The molecule has 1 aliphatic rings. The van der Waals surface area contributed by atoms with E-state index in [2.05, 4.69) is 0 Å². The van der Waals surface area contributed by atoms with Crippen molar-refractivity contribution in [3.05, 3.63) is 35.4 Å².